The fraction of sp³-hybridized carbons (Fsp3) is 0.333. The summed E-state index contributed by atoms with van der Waals surface area (Å²) in [6.45, 7) is 3.19. The Bertz CT molecular complexity index is 1390. The third-order valence-electron chi connectivity index (χ3n) is 6.20. The van der Waals surface area contributed by atoms with Gasteiger partial charge in [-0.05, 0) is 50.1 Å². The lowest BCUT2D eigenvalue weighted by Crippen LogP contribution is -2.37. The van der Waals surface area contributed by atoms with E-state index >= 15 is 0 Å². The minimum Gasteiger partial charge on any atom is -0.383 e. The summed E-state index contributed by atoms with van der Waals surface area (Å²) in [4.78, 5) is 37.6. The first-order valence-corrected chi connectivity index (χ1v) is 12.0. The number of hydrogen-bond donors (Lipinski definition) is 2. The van der Waals surface area contributed by atoms with Crippen molar-refractivity contribution in [2.24, 2.45) is 0 Å². The van der Waals surface area contributed by atoms with Gasteiger partial charge in [0.15, 0.2) is 0 Å². The molecule has 0 bridgehead atoms. The lowest BCUT2D eigenvalue weighted by atomic mass is 10.2. The van der Waals surface area contributed by atoms with E-state index in [2.05, 4.69) is 20.6 Å². The second-order valence-electron chi connectivity index (χ2n) is 8.38. The minimum absolute atomic E-state index is 0.0148. The number of nitrogens with zero attached hydrogens (tertiary/aromatic N) is 4. The van der Waals surface area contributed by atoms with E-state index in [1.807, 2.05) is 42.2 Å². The van der Waals surface area contributed by atoms with Gasteiger partial charge >= 0.3 is 6.03 Å². The van der Waals surface area contributed by atoms with E-state index in [0.717, 1.165) is 51.9 Å². The van der Waals surface area contributed by atoms with Crippen molar-refractivity contribution in [3.05, 3.63) is 47.2 Å². The molecule has 1 aliphatic rings. The van der Waals surface area contributed by atoms with Crippen LogP contribution >= 0.6 is 11.3 Å². The van der Waals surface area contributed by atoms with Crippen LogP contribution in [0.25, 0.3) is 21.1 Å². The van der Waals surface area contributed by atoms with E-state index in [4.69, 9.17) is 4.74 Å². The zero-order chi connectivity index (χ0) is 23.8. The van der Waals surface area contributed by atoms with Crippen molar-refractivity contribution in [1.82, 2.24) is 24.8 Å². The zero-order valence-corrected chi connectivity index (χ0v) is 20.1. The van der Waals surface area contributed by atoms with Crippen LogP contribution in [0.4, 0.5) is 16.3 Å². The highest BCUT2D eigenvalue weighted by Crippen LogP contribution is 2.33. The Balaban J connectivity index is 1.45. The van der Waals surface area contributed by atoms with Gasteiger partial charge in [0, 0.05) is 37.5 Å². The van der Waals surface area contributed by atoms with Gasteiger partial charge in [0.2, 0.25) is 0 Å². The van der Waals surface area contributed by atoms with Crippen LogP contribution in [0.5, 0.6) is 0 Å². The Morgan fingerprint density at radius 2 is 2.09 bits per heavy atom. The smallest absolute Gasteiger partial charge is 0.325 e. The number of ether oxygens (including phenoxy) is 1. The maximum Gasteiger partial charge on any atom is 0.325 e. The summed E-state index contributed by atoms with van der Waals surface area (Å²) in [6.07, 6.45) is 3.45. The van der Waals surface area contributed by atoms with E-state index < -0.39 is 0 Å². The van der Waals surface area contributed by atoms with Crippen LogP contribution in [0.2, 0.25) is 0 Å². The SMILES string of the molecule is CNC(=O)n1c(C)cc2cc(Nc3ncnc4sc(C(=O)N5CCC[C@H]5COC)cc34)ccc21. The Morgan fingerprint density at radius 3 is 2.88 bits per heavy atom. The van der Waals surface area contributed by atoms with Gasteiger partial charge in [-0.25, -0.2) is 14.8 Å². The van der Waals surface area contributed by atoms with Crippen LogP contribution in [0.15, 0.2) is 36.7 Å². The summed E-state index contributed by atoms with van der Waals surface area (Å²) < 4.78 is 6.95. The second-order valence-corrected chi connectivity index (χ2v) is 9.41. The predicted molar refractivity (Wildman–Crippen MR) is 133 cm³/mol. The van der Waals surface area contributed by atoms with E-state index in [-0.39, 0.29) is 18.0 Å². The topological polar surface area (TPSA) is 101 Å². The van der Waals surface area contributed by atoms with Crippen LogP contribution in [-0.4, -0.2) is 64.7 Å². The van der Waals surface area contributed by atoms with Gasteiger partial charge in [-0.3, -0.25) is 9.36 Å². The fourth-order valence-electron chi connectivity index (χ4n) is 4.62. The summed E-state index contributed by atoms with van der Waals surface area (Å²) in [5, 5.41) is 7.78. The largest absolute Gasteiger partial charge is 0.383 e. The third kappa shape index (κ3) is 3.88. The van der Waals surface area contributed by atoms with Crippen LogP contribution in [0.1, 0.15) is 28.2 Å². The number of anilines is 2. The number of fused-ring (bicyclic) bond motifs is 2. The van der Waals surface area contributed by atoms with E-state index in [1.54, 1.807) is 18.7 Å². The molecular formula is C24H26N6O3S. The quantitative estimate of drug-likeness (QED) is 0.447. The number of benzene rings is 1. The molecule has 176 valence electrons. The maximum atomic E-state index is 13.2. The number of rotatable bonds is 5. The van der Waals surface area contributed by atoms with Gasteiger partial charge in [-0.2, -0.15) is 0 Å². The molecule has 4 aromatic rings. The number of aromatic nitrogens is 3. The average Bonchev–Trinajstić information content (AvgIpc) is 3.55. The average molecular weight is 479 g/mol. The van der Waals surface area contributed by atoms with E-state index in [9.17, 15) is 9.59 Å². The van der Waals surface area contributed by atoms with Crippen LogP contribution in [0.3, 0.4) is 0 Å². The van der Waals surface area contributed by atoms with Gasteiger partial charge in [0.05, 0.1) is 28.4 Å². The monoisotopic (exact) mass is 478 g/mol. The summed E-state index contributed by atoms with van der Waals surface area (Å²) >= 11 is 1.38. The highest BCUT2D eigenvalue weighted by Gasteiger charge is 2.30. The second kappa shape index (κ2) is 9.03. The number of likely N-dealkylation sites (tertiary alicyclic amines) is 1. The number of amides is 2. The van der Waals surface area contributed by atoms with Crippen molar-refractivity contribution in [3.63, 3.8) is 0 Å². The van der Waals surface area contributed by atoms with E-state index in [0.29, 0.717) is 17.3 Å². The first-order chi connectivity index (χ1) is 16.5. The van der Waals surface area contributed by atoms with Gasteiger partial charge in [0.25, 0.3) is 5.91 Å². The summed E-state index contributed by atoms with van der Waals surface area (Å²) in [6, 6.07) is 9.58. The van der Waals surface area contributed by atoms with Crippen molar-refractivity contribution >= 4 is 55.9 Å². The zero-order valence-electron chi connectivity index (χ0n) is 19.3. The highest BCUT2D eigenvalue weighted by molar-refractivity contribution is 7.20. The number of aryl methyl sites for hydroxylation is 1. The Labute approximate surface area is 200 Å². The van der Waals surface area contributed by atoms with Crippen molar-refractivity contribution in [2.45, 2.75) is 25.8 Å². The molecule has 0 aliphatic carbocycles. The predicted octanol–water partition coefficient (Wildman–Crippen LogP) is 4.14. The van der Waals surface area contributed by atoms with E-state index in [1.165, 1.54) is 17.7 Å². The molecule has 0 spiro atoms. The molecule has 2 N–H and O–H groups in total. The molecule has 0 unspecified atom stereocenters. The number of hydrogen-bond acceptors (Lipinski definition) is 7. The molecule has 0 radical (unpaired) electrons. The van der Waals surface area contributed by atoms with Gasteiger partial charge in [-0.1, -0.05) is 0 Å². The molecule has 9 nitrogen and oxygen atoms in total. The molecule has 2 amide bonds. The van der Waals surface area contributed by atoms with Crippen molar-refractivity contribution in [3.8, 4) is 0 Å². The van der Waals surface area contributed by atoms with Crippen molar-refractivity contribution < 1.29 is 14.3 Å². The van der Waals surface area contributed by atoms with Gasteiger partial charge in [-0.15, -0.1) is 11.3 Å². The molecule has 5 rings (SSSR count). The lowest BCUT2D eigenvalue weighted by molar-refractivity contribution is 0.0635. The normalized spacial score (nSPS) is 15.9. The Hall–Kier alpha value is -3.50. The highest BCUT2D eigenvalue weighted by atomic mass is 32.1. The Morgan fingerprint density at radius 1 is 1.24 bits per heavy atom. The first-order valence-electron chi connectivity index (χ1n) is 11.2. The summed E-state index contributed by atoms with van der Waals surface area (Å²) in [7, 11) is 3.28. The van der Waals surface area contributed by atoms with Gasteiger partial charge in [0.1, 0.15) is 17.0 Å². The summed E-state index contributed by atoms with van der Waals surface area (Å²) in [5.41, 5.74) is 2.51. The molecule has 34 heavy (non-hydrogen) atoms. The molecule has 10 heteroatoms. The van der Waals surface area contributed by atoms with Crippen LogP contribution in [-0.2, 0) is 4.74 Å². The first kappa shape index (κ1) is 22.3. The number of carbonyl (C=O) groups is 2. The third-order valence-corrected chi connectivity index (χ3v) is 7.23. The standard InChI is InChI=1S/C24H26N6O3S/c1-14-9-15-10-16(6-7-19(15)30(14)24(32)25-2)28-21-18-11-20(34-22(18)27-13-26-21)23(31)29-8-4-5-17(29)12-33-3/h6-7,9-11,13,17H,4-5,8,12H2,1-3H3,(H,25,32)(H,26,27,28)/t17-/m0/s1. The minimum atomic E-state index is -0.174. The lowest BCUT2D eigenvalue weighted by Gasteiger charge is -2.23. The number of nitrogens with one attached hydrogen (secondary N) is 2. The molecule has 3 aromatic heterocycles. The fourth-order valence-corrected chi connectivity index (χ4v) is 5.58. The van der Waals surface area contributed by atoms with Crippen molar-refractivity contribution in [2.75, 3.05) is 32.6 Å². The molecule has 4 heterocycles. The molecule has 0 saturated carbocycles. The molecule has 1 saturated heterocycles. The van der Waals surface area contributed by atoms with Crippen LogP contribution in [0, 0.1) is 6.92 Å². The molecule has 1 fully saturated rings. The maximum absolute atomic E-state index is 13.2. The van der Waals surface area contributed by atoms with Crippen LogP contribution < -0.4 is 10.6 Å². The molecule has 1 aliphatic heterocycles. The number of thiophene rings is 1. The number of methoxy groups -OCH3 is 1. The Kier molecular flexibility index (Phi) is 5.93. The molecule has 1 atom stereocenters. The summed E-state index contributed by atoms with van der Waals surface area (Å²) in [5.74, 6) is 0.651. The molecular weight excluding hydrogens is 452 g/mol. The molecule has 1 aromatic carbocycles. The van der Waals surface area contributed by atoms with Gasteiger partial charge < -0.3 is 20.3 Å². The number of carbonyl (C=O) groups excluding carboxylic acids is 2. The van der Waals surface area contributed by atoms with Crippen molar-refractivity contribution in [1.29, 1.82) is 0 Å².